The molecular weight excluding hydrogens is 180 g/mol. The number of phenolic OH excluding ortho intramolecular Hbond substituents is 2. The number of hydrogen-bond acceptors (Lipinski definition) is 3. The average Bonchev–Trinajstić information content (AvgIpc) is 2.03. The lowest BCUT2D eigenvalue weighted by molar-refractivity contribution is 0.392. The molecule has 0 amide bonds. The summed E-state index contributed by atoms with van der Waals surface area (Å²) in [5.41, 5.74) is 0.483. The van der Waals surface area contributed by atoms with E-state index < -0.39 is 0 Å². The van der Waals surface area contributed by atoms with Crippen LogP contribution in [0.15, 0.2) is 12.1 Å². The van der Waals surface area contributed by atoms with Crippen molar-refractivity contribution < 1.29 is 14.9 Å². The molecule has 1 aromatic carbocycles. The zero-order valence-corrected chi connectivity index (χ0v) is 7.30. The van der Waals surface area contributed by atoms with Gasteiger partial charge in [-0.1, -0.05) is 0 Å². The van der Waals surface area contributed by atoms with Crippen molar-refractivity contribution in [1.29, 1.82) is 0 Å². The fourth-order valence-corrected chi connectivity index (χ4v) is 1.20. The second-order valence-electron chi connectivity index (χ2n) is 2.28. The Kier molecular flexibility index (Phi) is 2.65. The number of ether oxygens (including phenoxy) is 1. The second-order valence-corrected chi connectivity index (χ2v) is 2.55. The first kappa shape index (κ1) is 9.00. The summed E-state index contributed by atoms with van der Waals surface area (Å²) in [7, 11) is 1.45. The summed E-state index contributed by atoms with van der Waals surface area (Å²) in [6.45, 7) is 0. The van der Waals surface area contributed by atoms with Gasteiger partial charge in [0.05, 0.1) is 18.6 Å². The highest BCUT2D eigenvalue weighted by molar-refractivity contribution is 6.17. The number of alkyl halides is 1. The highest BCUT2D eigenvalue weighted by Crippen LogP contribution is 2.33. The zero-order valence-electron chi connectivity index (χ0n) is 6.54. The molecule has 1 aromatic rings. The normalized spacial score (nSPS) is 9.83. The van der Waals surface area contributed by atoms with E-state index in [0.717, 1.165) is 0 Å². The largest absolute Gasteiger partial charge is 0.508 e. The van der Waals surface area contributed by atoms with Crippen molar-refractivity contribution in [2.75, 3.05) is 7.11 Å². The first-order valence-electron chi connectivity index (χ1n) is 3.34. The molecule has 3 nitrogen and oxygen atoms in total. The highest BCUT2D eigenvalue weighted by atomic mass is 35.5. The van der Waals surface area contributed by atoms with Crippen molar-refractivity contribution in [3.63, 3.8) is 0 Å². The van der Waals surface area contributed by atoms with Crippen molar-refractivity contribution in [2.24, 2.45) is 0 Å². The Labute approximate surface area is 75.2 Å². The Morgan fingerprint density at radius 1 is 1.42 bits per heavy atom. The van der Waals surface area contributed by atoms with E-state index in [1.54, 1.807) is 0 Å². The van der Waals surface area contributed by atoms with Crippen LogP contribution in [0.25, 0.3) is 0 Å². The van der Waals surface area contributed by atoms with E-state index in [0.29, 0.717) is 11.3 Å². The lowest BCUT2D eigenvalue weighted by atomic mass is 10.2. The van der Waals surface area contributed by atoms with Gasteiger partial charge in [-0.15, -0.1) is 11.6 Å². The van der Waals surface area contributed by atoms with Gasteiger partial charge in [0.2, 0.25) is 0 Å². The lowest BCUT2D eigenvalue weighted by Crippen LogP contribution is -1.89. The number of rotatable bonds is 2. The Morgan fingerprint density at radius 3 is 2.58 bits per heavy atom. The van der Waals surface area contributed by atoms with Gasteiger partial charge in [-0.05, 0) is 0 Å². The molecule has 66 valence electrons. The van der Waals surface area contributed by atoms with Crippen LogP contribution in [-0.4, -0.2) is 17.3 Å². The van der Waals surface area contributed by atoms with Crippen LogP contribution in [0.5, 0.6) is 17.2 Å². The summed E-state index contributed by atoms with van der Waals surface area (Å²) in [5, 5.41) is 18.3. The maximum absolute atomic E-state index is 9.28. The van der Waals surface area contributed by atoms with Crippen LogP contribution in [-0.2, 0) is 5.88 Å². The Bertz CT molecular complexity index is 286. The molecule has 0 aliphatic carbocycles. The van der Waals surface area contributed by atoms with E-state index in [1.165, 1.54) is 19.2 Å². The molecule has 0 aliphatic rings. The van der Waals surface area contributed by atoms with Crippen molar-refractivity contribution >= 4 is 11.6 Å². The summed E-state index contributed by atoms with van der Waals surface area (Å²) in [6.07, 6.45) is 0. The van der Waals surface area contributed by atoms with Crippen LogP contribution in [0.4, 0.5) is 0 Å². The topological polar surface area (TPSA) is 49.7 Å². The van der Waals surface area contributed by atoms with E-state index in [9.17, 15) is 5.11 Å². The second kappa shape index (κ2) is 3.54. The molecule has 0 aromatic heterocycles. The minimum absolute atomic E-state index is 0.0433. The predicted molar refractivity (Wildman–Crippen MR) is 45.9 cm³/mol. The molecule has 0 saturated heterocycles. The van der Waals surface area contributed by atoms with Gasteiger partial charge in [-0.2, -0.15) is 0 Å². The number of benzene rings is 1. The summed E-state index contributed by atoms with van der Waals surface area (Å²) in [6, 6.07) is 2.62. The van der Waals surface area contributed by atoms with Crippen LogP contribution in [0.3, 0.4) is 0 Å². The van der Waals surface area contributed by atoms with E-state index in [-0.39, 0.29) is 17.4 Å². The molecular formula is C8H9ClO3. The fraction of sp³-hybridized carbons (Fsp3) is 0.250. The lowest BCUT2D eigenvalue weighted by Gasteiger charge is -2.07. The van der Waals surface area contributed by atoms with Crippen molar-refractivity contribution in [3.05, 3.63) is 17.7 Å². The number of phenols is 2. The van der Waals surface area contributed by atoms with E-state index in [2.05, 4.69) is 0 Å². The van der Waals surface area contributed by atoms with E-state index >= 15 is 0 Å². The van der Waals surface area contributed by atoms with Crippen LogP contribution >= 0.6 is 11.6 Å². The smallest absolute Gasteiger partial charge is 0.130 e. The third-order valence-electron chi connectivity index (χ3n) is 1.52. The summed E-state index contributed by atoms with van der Waals surface area (Å²) >= 11 is 5.55. The minimum atomic E-state index is -0.0538. The number of methoxy groups -OCH3 is 1. The van der Waals surface area contributed by atoms with E-state index in [4.69, 9.17) is 21.4 Å². The summed E-state index contributed by atoms with van der Waals surface area (Å²) < 4.78 is 4.89. The van der Waals surface area contributed by atoms with Gasteiger partial charge < -0.3 is 14.9 Å². The van der Waals surface area contributed by atoms with Gasteiger partial charge in [0.1, 0.15) is 17.2 Å². The molecule has 0 bridgehead atoms. The SMILES string of the molecule is COc1cc(O)cc(O)c1CCl. The van der Waals surface area contributed by atoms with Crippen LogP contribution in [0.1, 0.15) is 5.56 Å². The van der Waals surface area contributed by atoms with Crippen molar-refractivity contribution in [3.8, 4) is 17.2 Å². The fourth-order valence-electron chi connectivity index (χ4n) is 0.933. The molecule has 0 aliphatic heterocycles. The average molecular weight is 189 g/mol. The van der Waals surface area contributed by atoms with Gasteiger partial charge in [0.25, 0.3) is 0 Å². The molecule has 0 saturated carbocycles. The molecule has 0 heterocycles. The molecule has 2 N–H and O–H groups in total. The Morgan fingerprint density at radius 2 is 2.08 bits per heavy atom. The van der Waals surface area contributed by atoms with Gasteiger partial charge in [0.15, 0.2) is 0 Å². The first-order valence-corrected chi connectivity index (χ1v) is 3.87. The molecule has 0 radical (unpaired) electrons. The van der Waals surface area contributed by atoms with Gasteiger partial charge >= 0.3 is 0 Å². The maximum atomic E-state index is 9.28. The van der Waals surface area contributed by atoms with Gasteiger partial charge in [-0.25, -0.2) is 0 Å². The van der Waals surface area contributed by atoms with Crippen molar-refractivity contribution in [1.82, 2.24) is 0 Å². The molecule has 12 heavy (non-hydrogen) atoms. The van der Waals surface area contributed by atoms with Crippen molar-refractivity contribution in [2.45, 2.75) is 5.88 Å². The van der Waals surface area contributed by atoms with Crippen LogP contribution in [0.2, 0.25) is 0 Å². The molecule has 0 spiro atoms. The van der Waals surface area contributed by atoms with Crippen LogP contribution in [0, 0.1) is 0 Å². The number of aromatic hydroxyl groups is 2. The molecule has 0 fully saturated rings. The highest BCUT2D eigenvalue weighted by Gasteiger charge is 2.08. The van der Waals surface area contributed by atoms with Crippen LogP contribution < -0.4 is 4.74 Å². The quantitative estimate of drug-likeness (QED) is 0.697. The number of halogens is 1. The summed E-state index contributed by atoms with van der Waals surface area (Å²) in [5.74, 6) is 0.442. The monoisotopic (exact) mass is 188 g/mol. The molecule has 4 heteroatoms. The third-order valence-corrected chi connectivity index (χ3v) is 1.79. The third kappa shape index (κ3) is 1.56. The van der Waals surface area contributed by atoms with Gasteiger partial charge in [0, 0.05) is 12.1 Å². The maximum Gasteiger partial charge on any atom is 0.130 e. The Balaban J connectivity index is 3.24. The standard InChI is InChI=1S/C8H9ClO3/c1-12-8-3-5(10)2-7(11)6(8)4-9/h2-3,10-11H,4H2,1H3. The molecule has 0 unspecified atom stereocenters. The molecule has 0 atom stereocenters. The first-order chi connectivity index (χ1) is 5.69. The van der Waals surface area contributed by atoms with E-state index in [1.807, 2.05) is 0 Å². The zero-order chi connectivity index (χ0) is 9.14. The van der Waals surface area contributed by atoms with Gasteiger partial charge in [-0.3, -0.25) is 0 Å². The predicted octanol–water partition coefficient (Wildman–Crippen LogP) is 1.85. The summed E-state index contributed by atoms with van der Waals surface area (Å²) in [4.78, 5) is 0. The minimum Gasteiger partial charge on any atom is -0.508 e. The number of hydrogen-bond donors (Lipinski definition) is 2. The molecule has 1 rings (SSSR count). The Hall–Kier alpha value is -1.09.